The fourth-order valence-electron chi connectivity index (χ4n) is 3.39. The number of carbonyl (C=O) groups excluding carboxylic acids is 1. The molecule has 0 amide bonds. The standard InChI is InChI=1S/C19H17F6N3O2/c1-4-30-16(29)14-11(3)28(12-7-5-10(2)6-8-12)15(27)13(9-26)17(14,18(20,21)22)19(23,24)25/h5-8H,4,27H2,1-3H3. The lowest BCUT2D eigenvalue weighted by molar-refractivity contribution is -0.310. The van der Waals surface area contributed by atoms with Crippen molar-refractivity contribution in [2.45, 2.75) is 33.1 Å². The van der Waals surface area contributed by atoms with Crippen LogP contribution in [0.1, 0.15) is 19.4 Å². The Labute approximate surface area is 168 Å². The van der Waals surface area contributed by atoms with Crippen LogP contribution in [0.15, 0.2) is 46.9 Å². The van der Waals surface area contributed by atoms with Crippen molar-refractivity contribution in [3.05, 3.63) is 52.5 Å². The summed E-state index contributed by atoms with van der Waals surface area (Å²) in [7, 11) is 0. The third kappa shape index (κ3) is 3.26. The van der Waals surface area contributed by atoms with Crippen molar-refractivity contribution in [1.82, 2.24) is 0 Å². The minimum atomic E-state index is -6.11. The lowest BCUT2D eigenvalue weighted by Gasteiger charge is -2.44. The van der Waals surface area contributed by atoms with Crippen molar-refractivity contribution in [2.75, 3.05) is 11.5 Å². The largest absolute Gasteiger partial charge is 0.463 e. The maximum absolute atomic E-state index is 14.1. The zero-order valence-electron chi connectivity index (χ0n) is 16.1. The van der Waals surface area contributed by atoms with Crippen molar-refractivity contribution in [3.63, 3.8) is 0 Å². The first kappa shape index (κ1) is 23.1. The second kappa shape index (κ2) is 7.59. The number of esters is 1. The number of hydrogen-bond donors (Lipinski definition) is 1. The van der Waals surface area contributed by atoms with E-state index in [2.05, 4.69) is 4.74 Å². The van der Waals surface area contributed by atoms with E-state index < -0.39 is 53.0 Å². The summed E-state index contributed by atoms with van der Waals surface area (Å²) in [5.74, 6) is -2.93. The van der Waals surface area contributed by atoms with Crippen LogP contribution in [-0.2, 0) is 9.53 Å². The molecule has 162 valence electrons. The normalized spacial score (nSPS) is 17.1. The Kier molecular flexibility index (Phi) is 5.85. The predicted molar refractivity (Wildman–Crippen MR) is 94.4 cm³/mol. The van der Waals surface area contributed by atoms with Gasteiger partial charge in [-0.25, -0.2) is 4.79 Å². The molecule has 1 aromatic carbocycles. The molecule has 1 heterocycles. The molecule has 1 aromatic rings. The molecule has 0 atom stereocenters. The van der Waals surface area contributed by atoms with E-state index in [1.54, 1.807) is 19.1 Å². The predicted octanol–water partition coefficient (Wildman–Crippen LogP) is 4.46. The summed E-state index contributed by atoms with van der Waals surface area (Å²) in [5, 5.41) is 9.36. The number of benzene rings is 1. The van der Waals surface area contributed by atoms with Gasteiger partial charge in [-0.05, 0) is 32.9 Å². The van der Waals surface area contributed by atoms with Gasteiger partial charge in [0, 0.05) is 11.4 Å². The molecule has 0 spiro atoms. The molecule has 0 unspecified atom stereocenters. The smallest absolute Gasteiger partial charge is 0.412 e. The number of rotatable bonds is 3. The molecule has 5 nitrogen and oxygen atoms in total. The summed E-state index contributed by atoms with van der Waals surface area (Å²) < 4.78 is 89.1. The monoisotopic (exact) mass is 433 g/mol. The number of alkyl halides is 6. The topological polar surface area (TPSA) is 79.3 Å². The molecular formula is C19H17F6N3O2. The first-order valence-electron chi connectivity index (χ1n) is 8.54. The zero-order valence-corrected chi connectivity index (χ0v) is 16.1. The Bertz CT molecular complexity index is 938. The first-order chi connectivity index (χ1) is 13.8. The van der Waals surface area contributed by atoms with Gasteiger partial charge in [0.1, 0.15) is 11.9 Å². The number of hydrogen-bond acceptors (Lipinski definition) is 5. The summed E-state index contributed by atoms with van der Waals surface area (Å²) in [6.45, 7) is 3.35. The number of aryl methyl sites for hydroxylation is 1. The van der Waals surface area contributed by atoms with Gasteiger partial charge in [-0.1, -0.05) is 17.7 Å². The van der Waals surface area contributed by atoms with Crippen LogP contribution in [0.2, 0.25) is 0 Å². The number of allylic oxidation sites excluding steroid dienone is 2. The van der Waals surface area contributed by atoms with E-state index in [1.165, 1.54) is 19.1 Å². The van der Waals surface area contributed by atoms with Crippen molar-refractivity contribution >= 4 is 11.7 Å². The van der Waals surface area contributed by atoms with Crippen LogP contribution in [0.4, 0.5) is 32.0 Å². The van der Waals surface area contributed by atoms with Crippen LogP contribution in [0.3, 0.4) is 0 Å². The van der Waals surface area contributed by atoms with Crippen LogP contribution < -0.4 is 10.6 Å². The van der Waals surface area contributed by atoms with Gasteiger partial charge < -0.3 is 10.5 Å². The number of halogens is 6. The molecule has 1 aliphatic rings. The third-order valence-electron chi connectivity index (χ3n) is 4.68. The van der Waals surface area contributed by atoms with Gasteiger partial charge in [-0.2, -0.15) is 31.6 Å². The van der Waals surface area contributed by atoms with Gasteiger partial charge in [-0.15, -0.1) is 0 Å². The highest BCUT2D eigenvalue weighted by atomic mass is 19.4. The number of nitriles is 1. The molecule has 30 heavy (non-hydrogen) atoms. The van der Waals surface area contributed by atoms with E-state index in [1.807, 2.05) is 0 Å². The Morgan fingerprint density at radius 2 is 1.63 bits per heavy atom. The second-order valence-electron chi connectivity index (χ2n) is 6.47. The van der Waals surface area contributed by atoms with Gasteiger partial charge in [0.25, 0.3) is 0 Å². The summed E-state index contributed by atoms with van der Waals surface area (Å²) >= 11 is 0. The number of nitrogens with zero attached hydrogens (tertiary/aromatic N) is 2. The molecule has 0 radical (unpaired) electrons. The van der Waals surface area contributed by atoms with Gasteiger partial charge in [0.05, 0.1) is 17.8 Å². The van der Waals surface area contributed by atoms with E-state index in [0.29, 0.717) is 0 Å². The van der Waals surface area contributed by atoms with Gasteiger partial charge in [0.15, 0.2) is 0 Å². The van der Waals surface area contributed by atoms with Crippen LogP contribution in [0.25, 0.3) is 0 Å². The van der Waals surface area contributed by atoms with Crippen LogP contribution in [0.5, 0.6) is 0 Å². The van der Waals surface area contributed by atoms with E-state index >= 15 is 0 Å². The molecule has 11 heteroatoms. The maximum Gasteiger partial charge on any atom is 0.412 e. The molecule has 2 N–H and O–H groups in total. The van der Waals surface area contributed by atoms with E-state index in [-0.39, 0.29) is 5.69 Å². The second-order valence-corrected chi connectivity index (χ2v) is 6.47. The van der Waals surface area contributed by atoms with Gasteiger partial charge in [0.2, 0.25) is 5.41 Å². The fraction of sp³-hybridized carbons (Fsp3) is 0.368. The van der Waals surface area contributed by atoms with E-state index in [4.69, 9.17) is 5.73 Å². The maximum atomic E-state index is 14.1. The number of ether oxygens (including phenoxy) is 1. The van der Waals surface area contributed by atoms with Gasteiger partial charge in [-0.3, -0.25) is 4.90 Å². The summed E-state index contributed by atoms with van der Waals surface area (Å²) in [5.41, 5.74) is -2.76. The molecule has 0 fully saturated rings. The van der Waals surface area contributed by atoms with Crippen molar-refractivity contribution in [2.24, 2.45) is 11.1 Å². The average Bonchev–Trinajstić information content (AvgIpc) is 2.60. The van der Waals surface area contributed by atoms with E-state index in [0.717, 1.165) is 23.5 Å². The highest BCUT2D eigenvalue weighted by molar-refractivity contribution is 5.95. The number of anilines is 1. The molecule has 0 saturated carbocycles. The molecule has 1 aliphatic heterocycles. The van der Waals surface area contributed by atoms with Crippen LogP contribution in [0, 0.1) is 23.7 Å². The Hall–Kier alpha value is -3.16. The minimum Gasteiger partial charge on any atom is -0.463 e. The summed E-state index contributed by atoms with van der Waals surface area (Å²) in [6, 6.07) is 6.81. The Balaban J connectivity index is 3.04. The highest BCUT2D eigenvalue weighted by Crippen LogP contribution is 2.62. The summed E-state index contributed by atoms with van der Waals surface area (Å²) in [6.07, 6.45) is -12.2. The SMILES string of the molecule is CCOC(=O)C1=C(C)N(c2ccc(C)cc2)C(N)=C(C#N)C1(C(F)(F)F)C(F)(F)F. The zero-order chi connectivity index (χ0) is 23.1. The Morgan fingerprint density at radius 3 is 2.03 bits per heavy atom. The minimum absolute atomic E-state index is 0.0723. The Morgan fingerprint density at radius 1 is 1.13 bits per heavy atom. The quantitative estimate of drug-likeness (QED) is 0.563. The lowest BCUT2D eigenvalue weighted by atomic mass is 9.69. The van der Waals surface area contributed by atoms with Crippen LogP contribution >= 0.6 is 0 Å². The molecule has 0 saturated heterocycles. The molecular weight excluding hydrogens is 416 g/mol. The van der Waals surface area contributed by atoms with Crippen LogP contribution in [-0.4, -0.2) is 24.9 Å². The number of carbonyl (C=O) groups is 1. The van der Waals surface area contributed by atoms with E-state index in [9.17, 15) is 36.4 Å². The molecule has 2 rings (SSSR count). The van der Waals surface area contributed by atoms with Gasteiger partial charge >= 0.3 is 18.3 Å². The number of nitrogens with two attached hydrogens (primary N) is 1. The van der Waals surface area contributed by atoms with Crippen molar-refractivity contribution in [1.29, 1.82) is 5.26 Å². The third-order valence-corrected chi connectivity index (χ3v) is 4.68. The average molecular weight is 433 g/mol. The highest BCUT2D eigenvalue weighted by Gasteiger charge is 2.78. The summed E-state index contributed by atoms with van der Waals surface area (Å²) in [4.78, 5) is 13.2. The van der Waals surface area contributed by atoms with Crippen molar-refractivity contribution < 1.29 is 35.9 Å². The first-order valence-corrected chi connectivity index (χ1v) is 8.54. The molecule has 0 bridgehead atoms. The fourth-order valence-corrected chi connectivity index (χ4v) is 3.39. The molecule has 0 aliphatic carbocycles. The van der Waals surface area contributed by atoms with Crippen molar-refractivity contribution in [3.8, 4) is 6.07 Å². The molecule has 0 aromatic heterocycles. The lowest BCUT2D eigenvalue weighted by Crippen LogP contribution is -2.58.